The number of hydrogen-bond donors (Lipinski definition) is 0. The SMILES string of the molecule is CCCCCCCCCCCCN(CCCCCCCCCCCC)C(C)(C)CCCCCCCCCCCC. The molecule has 40 heavy (non-hydrogen) atoms. The van der Waals surface area contributed by atoms with Crippen molar-refractivity contribution in [1.82, 2.24) is 4.90 Å². The molecule has 0 heterocycles. The van der Waals surface area contributed by atoms with Crippen LogP contribution < -0.4 is 0 Å². The van der Waals surface area contributed by atoms with Gasteiger partial charge in [0.25, 0.3) is 0 Å². The van der Waals surface area contributed by atoms with Gasteiger partial charge in [0, 0.05) is 5.54 Å². The van der Waals surface area contributed by atoms with Crippen molar-refractivity contribution in [2.24, 2.45) is 0 Å². The molecular weight excluding hydrogens is 482 g/mol. The van der Waals surface area contributed by atoms with Gasteiger partial charge < -0.3 is 0 Å². The highest BCUT2D eigenvalue weighted by Crippen LogP contribution is 2.25. The van der Waals surface area contributed by atoms with Gasteiger partial charge in [0.05, 0.1) is 0 Å². The van der Waals surface area contributed by atoms with E-state index in [0.29, 0.717) is 5.54 Å². The first-order valence-electron chi connectivity index (χ1n) is 19.3. The summed E-state index contributed by atoms with van der Waals surface area (Å²) in [7, 11) is 0. The summed E-state index contributed by atoms with van der Waals surface area (Å²) in [5, 5.41) is 0. The Morgan fingerprint density at radius 2 is 0.525 bits per heavy atom. The van der Waals surface area contributed by atoms with Crippen LogP contribution in [-0.2, 0) is 0 Å². The van der Waals surface area contributed by atoms with E-state index in [-0.39, 0.29) is 0 Å². The summed E-state index contributed by atoms with van der Waals surface area (Å²) in [5.41, 5.74) is 0.374. The molecule has 0 aromatic carbocycles. The molecule has 0 saturated carbocycles. The largest absolute Gasteiger partial charge is 0.298 e. The van der Waals surface area contributed by atoms with E-state index in [4.69, 9.17) is 0 Å². The summed E-state index contributed by atoms with van der Waals surface area (Å²) in [6.45, 7) is 14.7. The Bertz CT molecular complexity index is 432. The van der Waals surface area contributed by atoms with Crippen molar-refractivity contribution < 1.29 is 0 Å². The van der Waals surface area contributed by atoms with Crippen LogP contribution in [0.1, 0.15) is 234 Å². The van der Waals surface area contributed by atoms with Gasteiger partial charge in [-0.3, -0.25) is 4.90 Å². The standard InChI is InChI=1S/C39H81N/c1-6-9-12-15-18-21-24-27-30-33-36-39(4,5)40(37-34-31-28-25-22-19-16-13-10-7-2)38-35-32-29-26-23-20-17-14-11-8-3/h6-38H2,1-5H3. The highest BCUT2D eigenvalue weighted by atomic mass is 15.2. The molecule has 0 saturated heterocycles. The maximum atomic E-state index is 2.91. The molecule has 0 N–H and O–H groups in total. The zero-order valence-electron chi connectivity index (χ0n) is 29.3. The Morgan fingerprint density at radius 3 is 0.800 bits per heavy atom. The molecule has 1 heteroatoms. The van der Waals surface area contributed by atoms with Crippen LogP contribution in [0.25, 0.3) is 0 Å². The van der Waals surface area contributed by atoms with Crippen LogP contribution in [0.2, 0.25) is 0 Å². The van der Waals surface area contributed by atoms with Gasteiger partial charge in [-0.1, -0.05) is 201 Å². The van der Waals surface area contributed by atoms with Gasteiger partial charge >= 0.3 is 0 Å². The zero-order chi connectivity index (χ0) is 29.4. The molecule has 0 aromatic heterocycles. The second kappa shape index (κ2) is 31.9. The lowest BCUT2D eigenvalue weighted by Gasteiger charge is -2.39. The number of nitrogens with zero attached hydrogens (tertiary/aromatic N) is 1. The lowest BCUT2D eigenvalue weighted by atomic mass is 9.92. The van der Waals surface area contributed by atoms with Crippen molar-refractivity contribution in [3.63, 3.8) is 0 Å². The van der Waals surface area contributed by atoms with Gasteiger partial charge in [-0.15, -0.1) is 0 Å². The summed E-state index contributed by atoms with van der Waals surface area (Å²) >= 11 is 0. The first-order chi connectivity index (χ1) is 19.6. The van der Waals surface area contributed by atoms with Gasteiger partial charge in [0.2, 0.25) is 0 Å². The summed E-state index contributed by atoms with van der Waals surface area (Å²) < 4.78 is 0. The fourth-order valence-electron chi connectivity index (χ4n) is 6.50. The predicted octanol–water partition coefficient (Wildman–Crippen LogP) is 14.2. The predicted molar refractivity (Wildman–Crippen MR) is 186 cm³/mol. The van der Waals surface area contributed by atoms with Crippen LogP contribution in [0.15, 0.2) is 0 Å². The van der Waals surface area contributed by atoms with Gasteiger partial charge in [-0.2, -0.15) is 0 Å². The molecule has 242 valence electrons. The van der Waals surface area contributed by atoms with Crippen LogP contribution in [0.3, 0.4) is 0 Å². The molecule has 0 spiro atoms. The lowest BCUT2D eigenvalue weighted by molar-refractivity contribution is 0.102. The van der Waals surface area contributed by atoms with Crippen molar-refractivity contribution in [3.8, 4) is 0 Å². The molecule has 0 aromatic rings. The van der Waals surface area contributed by atoms with Gasteiger partial charge in [0.15, 0.2) is 0 Å². The molecule has 0 rings (SSSR count). The van der Waals surface area contributed by atoms with Gasteiger partial charge in [0.1, 0.15) is 0 Å². The summed E-state index contributed by atoms with van der Waals surface area (Å²) in [6, 6.07) is 0. The van der Waals surface area contributed by atoms with Gasteiger partial charge in [-0.25, -0.2) is 0 Å². The quantitative estimate of drug-likeness (QED) is 0.0704. The third-order valence-electron chi connectivity index (χ3n) is 9.56. The summed E-state index contributed by atoms with van der Waals surface area (Å²) in [5.74, 6) is 0. The van der Waals surface area contributed by atoms with Crippen molar-refractivity contribution in [1.29, 1.82) is 0 Å². The zero-order valence-corrected chi connectivity index (χ0v) is 29.3. The molecule has 0 aliphatic rings. The molecule has 0 fully saturated rings. The molecule has 0 atom stereocenters. The summed E-state index contributed by atoms with van der Waals surface area (Å²) in [6.07, 6.45) is 44.7. The van der Waals surface area contributed by atoms with Crippen LogP contribution in [-0.4, -0.2) is 23.5 Å². The average molecular weight is 564 g/mol. The fraction of sp³-hybridized carbons (Fsp3) is 1.00. The van der Waals surface area contributed by atoms with Crippen LogP contribution in [0, 0.1) is 0 Å². The Morgan fingerprint density at radius 1 is 0.300 bits per heavy atom. The first kappa shape index (κ1) is 40.0. The third-order valence-corrected chi connectivity index (χ3v) is 9.56. The molecule has 0 bridgehead atoms. The summed E-state index contributed by atoms with van der Waals surface area (Å²) in [4.78, 5) is 2.91. The maximum Gasteiger partial charge on any atom is 0.0153 e. The maximum absolute atomic E-state index is 2.91. The molecule has 0 aliphatic heterocycles. The molecule has 0 unspecified atom stereocenters. The van der Waals surface area contributed by atoms with E-state index in [9.17, 15) is 0 Å². The van der Waals surface area contributed by atoms with Crippen LogP contribution in [0.4, 0.5) is 0 Å². The Kier molecular flexibility index (Phi) is 31.9. The first-order valence-corrected chi connectivity index (χ1v) is 19.3. The smallest absolute Gasteiger partial charge is 0.0153 e. The highest BCUT2D eigenvalue weighted by Gasteiger charge is 2.25. The Balaban J connectivity index is 4.22. The van der Waals surface area contributed by atoms with E-state index in [1.165, 1.54) is 212 Å². The minimum absolute atomic E-state index is 0.374. The molecular formula is C39H81N. The molecule has 0 aliphatic carbocycles. The van der Waals surface area contributed by atoms with E-state index >= 15 is 0 Å². The normalized spacial score (nSPS) is 12.2. The van der Waals surface area contributed by atoms with E-state index in [1.807, 2.05) is 0 Å². The van der Waals surface area contributed by atoms with Crippen molar-refractivity contribution in [3.05, 3.63) is 0 Å². The number of rotatable bonds is 34. The second-order valence-corrected chi connectivity index (χ2v) is 14.1. The van der Waals surface area contributed by atoms with Crippen molar-refractivity contribution >= 4 is 0 Å². The van der Waals surface area contributed by atoms with E-state index in [2.05, 4.69) is 39.5 Å². The minimum atomic E-state index is 0.374. The monoisotopic (exact) mass is 564 g/mol. The average Bonchev–Trinajstić information content (AvgIpc) is 2.94. The van der Waals surface area contributed by atoms with Crippen molar-refractivity contribution in [2.75, 3.05) is 13.1 Å². The molecule has 0 radical (unpaired) electrons. The third kappa shape index (κ3) is 28.1. The van der Waals surface area contributed by atoms with Crippen LogP contribution >= 0.6 is 0 Å². The van der Waals surface area contributed by atoms with Gasteiger partial charge in [-0.05, 0) is 46.2 Å². The highest BCUT2D eigenvalue weighted by molar-refractivity contribution is 4.81. The van der Waals surface area contributed by atoms with Crippen molar-refractivity contribution in [2.45, 2.75) is 239 Å². The second-order valence-electron chi connectivity index (χ2n) is 14.1. The van der Waals surface area contributed by atoms with Crippen LogP contribution in [0.5, 0.6) is 0 Å². The van der Waals surface area contributed by atoms with E-state index in [0.717, 1.165) is 0 Å². The minimum Gasteiger partial charge on any atom is -0.298 e. The lowest BCUT2D eigenvalue weighted by Crippen LogP contribution is -2.45. The van der Waals surface area contributed by atoms with E-state index in [1.54, 1.807) is 0 Å². The fourth-order valence-corrected chi connectivity index (χ4v) is 6.50. The number of unbranched alkanes of at least 4 members (excludes halogenated alkanes) is 27. The number of hydrogen-bond acceptors (Lipinski definition) is 1. The molecule has 1 nitrogen and oxygen atoms in total. The Labute approximate surface area is 256 Å². The van der Waals surface area contributed by atoms with E-state index < -0.39 is 0 Å². The molecule has 0 amide bonds. The Hall–Kier alpha value is -0.0400. The topological polar surface area (TPSA) is 3.24 Å².